The molecule has 0 aliphatic carbocycles. The lowest BCUT2D eigenvalue weighted by Crippen LogP contribution is -2.24. The van der Waals surface area contributed by atoms with Crippen molar-refractivity contribution < 1.29 is 14.2 Å². The van der Waals surface area contributed by atoms with Gasteiger partial charge < -0.3 is 19.5 Å². The van der Waals surface area contributed by atoms with Gasteiger partial charge in [-0.3, -0.25) is 0 Å². The minimum absolute atomic E-state index is 0.172. The van der Waals surface area contributed by atoms with Gasteiger partial charge in [0.25, 0.3) is 0 Å². The van der Waals surface area contributed by atoms with E-state index in [1.165, 1.54) is 0 Å². The van der Waals surface area contributed by atoms with Crippen LogP contribution in [0.2, 0.25) is 0 Å². The Morgan fingerprint density at radius 2 is 1.74 bits per heavy atom. The van der Waals surface area contributed by atoms with Crippen molar-refractivity contribution in [2.24, 2.45) is 0 Å². The topological polar surface area (TPSA) is 39.7 Å². The molecule has 1 unspecified atom stereocenters. The van der Waals surface area contributed by atoms with Gasteiger partial charge in [0, 0.05) is 19.8 Å². The fourth-order valence-corrected chi connectivity index (χ4v) is 2.13. The second-order valence-electron chi connectivity index (χ2n) is 4.36. The van der Waals surface area contributed by atoms with Crippen LogP contribution < -0.4 is 14.8 Å². The number of methoxy groups -OCH3 is 3. The lowest BCUT2D eigenvalue weighted by molar-refractivity contribution is 0.181. The van der Waals surface area contributed by atoms with Gasteiger partial charge in [-0.15, -0.1) is 0 Å². The molecule has 1 aromatic rings. The fraction of sp³-hybridized carbons (Fsp3) is 0.600. The van der Waals surface area contributed by atoms with Gasteiger partial charge >= 0.3 is 0 Å². The third kappa shape index (κ3) is 4.40. The van der Waals surface area contributed by atoms with Gasteiger partial charge in [0.15, 0.2) is 0 Å². The molecule has 0 aliphatic heterocycles. The second kappa shape index (κ2) is 8.77. The fourth-order valence-electron chi connectivity index (χ4n) is 2.13. The van der Waals surface area contributed by atoms with Crippen LogP contribution in [0.25, 0.3) is 0 Å². The zero-order valence-corrected chi connectivity index (χ0v) is 12.4. The largest absolute Gasteiger partial charge is 0.496 e. The summed E-state index contributed by atoms with van der Waals surface area (Å²) in [5.74, 6) is 1.70. The molecule has 19 heavy (non-hydrogen) atoms. The first-order valence-corrected chi connectivity index (χ1v) is 6.71. The van der Waals surface area contributed by atoms with E-state index in [1.54, 1.807) is 21.3 Å². The van der Waals surface area contributed by atoms with Crippen LogP contribution >= 0.6 is 0 Å². The summed E-state index contributed by atoms with van der Waals surface area (Å²) in [4.78, 5) is 0. The van der Waals surface area contributed by atoms with Gasteiger partial charge in [-0.25, -0.2) is 0 Å². The molecule has 0 saturated carbocycles. The molecule has 1 N–H and O–H groups in total. The Kier molecular flexibility index (Phi) is 7.30. The molecule has 4 nitrogen and oxygen atoms in total. The molecular formula is C15H25NO3. The van der Waals surface area contributed by atoms with Crippen molar-refractivity contribution in [3.63, 3.8) is 0 Å². The second-order valence-corrected chi connectivity index (χ2v) is 4.36. The maximum atomic E-state index is 5.47. The molecule has 1 rings (SSSR count). The lowest BCUT2D eigenvalue weighted by atomic mass is 10.0. The van der Waals surface area contributed by atoms with Crippen molar-refractivity contribution >= 4 is 0 Å². The van der Waals surface area contributed by atoms with Crippen LogP contribution in [0.3, 0.4) is 0 Å². The number of nitrogens with one attached hydrogen (secondary N) is 1. The lowest BCUT2D eigenvalue weighted by Gasteiger charge is -2.23. The van der Waals surface area contributed by atoms with Crippen molar-refractivity contribution in [2.75, 3.05) is 34.5 Å². The summed E-state index contributed by atoms with van der Waals surface area (Å²) in [7, 11) is 5.09. The van der Waals surface area contributed by atoms with Crippen LogP contribution in [0, 0.1) is 0 Å². The van der Waals surface area contributed by atoms with E-state index in [9.17, 15) is 0 Å². The van der Waals surface area contributed by atoms with E-state index < -0.39 is 0 Å². The zero-order valence-electron chi connectivity index (χ0n) is 12.4. The van der Waals surface area contributed by atoms with Crippen LogP contribution in [0.4, 0.5) is 0 Å². The molecule has 0 fully saturated rings. The van der Waals surface area contributed by atoms with Crippen LogP contribution in [0.1, 0.15) is 31.4 Å². The van der Waals surface area contributed by atoms with E-state index in [-0.39, 0.29) is 6.04 Å². The Hall–Kier alpha value is -1.26. The monoisotopic (exact) mass is 267 g/mol. The van der Waals surface area contributed by atoms with E-state index >= 15 is 0 Å². The Morgan fingerprint density at radius 1 is 1.11 bits per heavy atom. The molecule has 1 atom stereocenters. The molecule has 1 aromatic carbocycles. The number of benzene rings is 1. The van der Waals surface area contributed by atoms with Crippen molar-refractivity contribution in [1.82, 2.24) is 5.32 Å². The molecule has 0 aromatic heterocycles. The standard InChI is InChI=1S/C15H25NO3/c1-5-10-16-12(9-11-17-2)15-13(18-3)7-6-8-14(15)19-4/h6-8,12,16H,5,9-11H2,1-4H3. The number of hydrogen-bond donors (Lipinski definition) is 1. The Labute approximate surface area is 116 Å². The van der Waals surface area contributed by atoms with E-state index in [0.717, 1.165) is 36.4 Å². The highest BCUT2D eigenvalue weighted by atomic mass is 16.5. The maximum absolute atomic E-state index is 5.47. The van der Waals surface area contributed by atoms with Crippen molar-refractivity contribution in [2.45, 2.75) is 25.8 Å². The normalized spacial score (nSPS) is 12.2. The average Bonchev–Trinajstić information content (AvgIpc) is 2.46. The molecule has 0 heterocycles. The summed E-state index contributed by atoms with van der Waals surface area (Å²) in [5.41, 5.74) is 1.07. The number of hydrogen-bond acceptors (Lipinski definition) is 4. The Bertz CT molecular complexity index is 338. The van der Waals surface area contributed by atoms with Gasteiger partial charge in [0.2, 0.25) is 0 Å². The predicted molar refractivity (Wildman–Crippen MR) is 77.1 cm³/mol. The van der Waals surface area contributed by atoms with Crippen molar-refractivity contribution in [1.29, 1.82) is 0 Å². The highest BCUT2D eigenvalue weighted by molar-refractivity contribution is 5.47. The molecule has 0 bridgehead atoms. The van der Waals surface area contributed by atoms with Gasteiger partial charge in [0.05, 0.1) is 19.8 Å². The molecule has 4 heteroatoms. The quantitative estimate of drug-likeness (QED) is 0.747. The van der Waals surface area contributed by atoms with E-state index in [1.807, 2.05) is 18.2 Å². The Morgan fingerprint density at radius 3 is 2.21 bits per heavy atom. The summed E-state index contributed by atoms with van der Waals surface area (Å²) < 4.78 is 16.1. The summed E-state index contributed by atoms with van der Waals surface area (Å²) in [5, 5.41) is 3.53. The zero-order chi connectivity index (χ0) is 14.1. The highest BCUT2D eigenvalue weighted by Gasteiger charge is 2.20. The summed E-state index contributed by atoms with van der Waals surface area (Å²) in [6.07, 6.45) is 1.97. The van der Waals surface area contributed by atoms with Gasteiger partial charge in [-0.05, 0) is 31.5 Å². The van der Waals surface area contributed by atoms with Gasteiger partial charge in [-0.2, -0.15) is 0 Å². The first-order valence-electron chi connectivity index (χ1n) is 6.71. The number of rotatable bonds is 9. The third-order valence-corrected chi connectivity index (χ3v) is 3.07. The maximum Gasteiger partial charge on any atom is 0.127 e. The van der Waals surface area contributed by atoms with Crippen LogP contribution in [-0.2, 0) is 4.74 Å². The molecule has 0 radical (unpaired) electrons. The minimum atomic E-state index is 0.172. The van der Waals surface area contributed by atoms with E-state index in [0.29, 0.717) is 6.61 Å². The Balaban J connectivity index is 3.03. The molecular weight excluding hydrogens is 242 g/mol. The summed E-state index contributed by atoms with van der Waals surface area (Å²) >= 11 is 0. The summed E-state index contributed by atoms with van der Waals surface area (Å²) in [6, 6.07) is 6.04. The van der Waals surface area contributed by atoms with E-state index in [2.05, 4.69) is 12.2 Å². The highest BCUT2D eigenvalue weighted by Crippen LogP contribution is 2.35. The van der Waals surface area contributed by atoms with Gasteiger partial charge in [-0.1, -0.05) is 13.0 Å². The molecule has 0 spiro atoms. The van der Waals surface area contributed by atoms with Crippen LogP contribution in [0.15, 0.2) is 18.2 Å². The number of ether oxygens (including phenoxy) is 3. The van der Waals surface area contributed by atoms with Crippen LogP contribution in [-0.4, -0.2) is 34.5 Å². The first kappa shape index (κ1) is 15.8. The third-order valence-electron chi connectivity index (χ3n) is 3.07. The minimum Gasteiger partial charge on any atom is -0.496 e. The van der Waals surface area contributed by atoms with Gasteiger partial charge in [0.1, 0.15) is 11.5 Å². The van der Waals surface area contributed by atoms with Crippen molar-refractivity contribution in [3.8, 4) is 11.5 Å². The SMILES string of the molecule is CCCNC(CCOC)c1c(OC)cccc1OC. The van der Waals surface area contributed by atoms with E-state index in [4.69, 9.17) is 14.2 Å². The summed E-state index contributed by atoms with van der Waals surface area (Å²) in [6.45, 7) is 3.80. The molecule has 108 valence electrons. The van der Waals surface area contributed by atoms with Crippen LogP contribution in [0.5, 0.6) is 11.5 Å². The molecule has 0 aliphatic rings. The molecule has 0 amide bonds. The smallest absolute Gasteiger partial charge is 0.127 e. The first-order chi connectivity index (χ1) is 9.28. The predicted octanol–water partition coefficient (Wildman–Crippen LogP) is 2.78. The average molecular weight is 267 g/mol. The molecule has 0 saturated heterocycles. The van der Waals surface area contributed by atoms with Crippen molar-refractivity contribution in [3.05, 3.63) is 23.8 Å².